The van der Waals surface area contributed by atoms with Gasteiger partial charge in [0.15, 0.2) is 0 Å². The number of rotatable bonds is 2. The highest BCUT2D eigenvalue weighted by molar-refractivity contribution is 5.36. The van der Waals surface area contributed by atoms with Gasteiger partial charge < -0.3 is 5.11 Å². The molecule has 0 spiro atoms. The van der Waals surface area contributed by atoms with Crippen molar-refractivity contribution in [3.8, 4) is 0 Å². The second kappa shape index (κ2) is 4.30. The van der Waals surface area contributed by atoms with Crippen LogP contribution in [0.25, 0.3) is 0 Å². The van der Waals surface area contributed by atoms with Gasteiger partial charge in [-0.3, -0.25) is 4.68 Å². The van der Waals surface area contributed by atoms with E-state index in [9.17, 15) is 9.50 Å². The highest BCUT2D eigenvalue weighted by Crippen LogP contribution is 2.26. The molecule has 17 heavy (non-hydrogen) atoms. The van der Waals surface area contributed by atoms with E-state index in [1.54, 1.807) is 23.9 Å². The van der Waals surface area contributed by atoms with E-state index in [2.05, 4.69) is 5.10 Å². The first-order valence-electron chi connectivity index (χ1n) is 5.43. The summed E-state index contributed by atoms with van der Waals surface area (Å²) in [6.07, 6.45) is 0.882. The lowest BCUT2D eigenvalue weighted by molar-refractivity contribution is 0.218. The molecule has 1 aromatic heterocycles. The van der Waals surface area contributed by atoms with Crippen molar-refractivity contribution in [1.82, 2.24) is 9.78 Å². The first-order valence-corrected chi connectivity index (χ1v) is 5.43. The van der Waals surface area contributed by atoms with Gasteiger partial charge in [-0.25, -0.2) is 4.39 Å². The number of aryl methyl sites for hydroxylation is 2. The summed E-state index contributed by atoms with van der Waals surface area (Å²) in [5.41, 5.74) is 3.10. The molecule has 4 heteroatoms. The maximum absolute atomic E-state index is 13.0. The second-order valence-electron chi connectivity index (χ2n) is 4.21. The van der Waals surface area contributed by atoms with Crippen LogP contribution in [0.1, 0.15) is 28.5 Å². The van der Waals surface area contributed by atoms with Crippen molar-refractivity contribution in [3.63, 3.8) is 0 Å². The van der Waals surface area contributed by atoms with Crippen LogP contribution in [0.15, 0.2) is 24.4 Å². The van der Waals surface area contributed by atoms with Crippen molar-refractivity contribution in [2.75, 3.05) is 0 Å². The molecule has 3 nitrogen and oxygen atoms in total. The Balaban J connectivity index is 2.43. The molecule has 0 aliphatic carbocycles. The number of aliphatic hydroxyl groups excluding tert-OH is 1. The monoisotopic (exact) mass is 234 g/mol. The lowest BCUT2D eigenvalue weighted by Crippen LogP contribution is -2.04. The average molecular weight is 234 g/mol. The third-order valence-corrected chi connectivity index (χ3v) is 3.09. The van der Waals surface area contributed by atoms with Gasteiger partial charge in [0.05, 0.1) is 6.20 Å². The Morgan fingerprint density at radius 3 is 2.53 bits per heavy atom. The molecule has 1 aromatic carbocycles. The third-order valence-electron chi connectivity index (χ3n) is 3.09. The Labute approximate surface area is 99.5 Å². The zero-order valence-corrected chi connectivity index (χ0v) is 10.1. The van der Waals surface area contributed by atoms with Gasteiger partial charge in [0.1, 0.15) is 11.9 Å². The van der Waals surface area contributed by atoms with Crippen molar-refractivity contribution in [3.05, 3.63) is 52.6 Å². The van der Waals surface area contributed by atoms with Crippen LogP contribution >= 0.6 is 0 Å². The van der Waals surface area contributed by atoms with Gasteiger partial charge in [-0.05, 0) is 37.1 Å². The minimum Gasteiger partial charge on any atom is -0.384 e. The summed E-state index contributed by atoms with van der Waals surface area (Å²) in [6, 6.07) is 4.39. The number of hydrogen-bond acceptors (Lipinski definition) is 2. The number of halogens is 1. The van der Waals surface area contributed by atoms with Crippen LogP contribution in [-0.2, 0) is 7.05 Å². The first-order chi connectivity index (χ1) is 8.00. The van der Waals surface area contributed by atoms with E-state index in [4.69, 9.17) is 0 Å². The molecule has 0 saturated carbocycles. The predicted octanol–water partition coefficient (Wildman–Crippen LogP) is 2.26. The highest BCUT2D eigenvalue weighted by Gasteiger charge is 2.17. The molecule has 0 fully saturated rings. The van der Waals surface area contributed by atoms with Crippen LogP contribution in [-0.4, -0.2) is 14.9 Å². The van der Waals surface area contributed by atoms with Gasteiger partial charge in [0.25, 0.3) is 0 Å². The largest absolute Gasteiger partial charge is 0.384 e. The van der Waals surface area contributed by atoms with Gasteiger partial charge in [-0.1, -0.05) is 6.07 Å². The van der Waals surface area contributed by atoms with Crippen LogP contribution in [0.5, 0.6) is 0 Å². The van der Waals surface area contributed by atoms with Crippen molar-refractivity contribution >= 4 is 0 Å². The number of aromatic nitrogens is 2. The number of hydrogen-bond donors (Lipinski definition) is 1. The number of aliphatic hydroxyl groups is 1. The van der Waals surface area contributed by atoms with Gasteiger partial charge in [-0.2, -0.15) is 5.10 Å². The van der Waals surface area contributed by atoms with Gasteiger partial charge in [0, 0.05) is 18.3 Å². The van der Waals surface area contributed by atoms with E-state index in [0.717, 1.165) is 16.8 Å². The molecule has 1 unspecified atom stereocenters. The fraction of sp³-hybridized carbons (Fsp3) is 0.308. The first kappa shape index (κ1) is 11.8. The standard InChI is InChI=1S/C13H15FN2O/c1-8-6-10(14)4-5-11(8)13(17)12-7-15-16(3)9(12)2/h4-7,13,17H,1-3H3. The minimum absolute atomic E-state index is 0.290. The highest BCUT2D eigenvalue weighted by atomic mass is 19.1. The molecule has 2 rings (SSSR count). The van der Waals surface area contributed by atoms with Gasteiger partial charge in [-0.15, -0.1) is 0 Å². The summed E-state index contributed by atoms with van der Waals surface area (Å²) in [5.74, 6) is -0.290. The van der Waals surface area contributed by atoms with Crippen molar-refractivity contribution < 1.29 is 9.50 Å². The van der Waals surface area contributed by atoms with E-state index in [1.807, 2.05) is 14.0 Å². The molecule has 2 aromatic rings. The smallest absolute Gasteiger partial charge is 0.123 e. The number of nitrogens with zero attached hydrogens (tertiary/aromatic N) is 2. The summed E-state index contributed by atoms with van der Waals surface area (Å²) in [4.78, 5) is 0. The zero-order valence-electron chi connectivity index (χ0n) is 10.1. The molecule has 0 bridgehead atoms. The summed E-state index contributed by atoms with van der Waals surface area (Å²) in [7, 11) is 1.82. The van der Waals surface area contributed by atoms with Crippen molar-refractivity contribution in [2.24, 2.45) is 7.05 Å². The molecule has 1 N–H and O–H groups in total. The maximum Gasteiger partial charge on any atom is 0.123 e. The molecular weight excluding hydrogens is 219 g/mol. The van der Waals surface area contributed by atoms with Gasteiger partial charge >= 0.3 is 0 Å². The topological polar surface area (TPSA) is 38.1 Å². The summed E-state index contributed by atoms with van der Waals surface area (Å²) < 4.78 is 14.7. The molecule has 90 valence electrons. The predicted molar refractivity (Wildman–Crippen MR) is 63.1 cm³/mol. The van der Waals surface area contributed by atoms with Gasteiger partial charge in [0.2, 0.25) is 0 Å². The van der Waals surface area contributed by atoms with E-state index >= 15 is 0 Å². The summed E-state index contributed by atoms with van der Waals surface area (Å²) in [5, 5.41) is 14.4. The molecule has 0 saturated heterocycles. The molecule has 1 atom stereocenters. The molecule has 0 aliphatic rings. The Morgan fingerprint density at radius 2 is 2.00 bits per heavy atom. The Kier molecular flexibility index (Phi) is 2.98. The normalized spacial score (nSPS) is 12.8. The summed E-state index contributed by atoms with van der Waals surface area (Å²) >= 11 is 0. The Hall–Kier alpha value is -1.68. The fourth-order valence-corrected chi connectivity index (χ4v) is 1.90. The molecule has 0 radical (unpaired) electrons. The number of benzene rings is 1. The van der Waals surface area contributed by atoms with Crippen LogP contribution in [0.2, 0.25) is 0 Å². The van der Waals surface area contributed by atoms with E-state index in [-0.39, 0.29) is 5.82 Å². The van der Waals surface area contributed by atoms with Crippen LogP contribution in [0, 0.1) is 19.7 Å². The second-order valence-corrected chi connectivity index (χ2v) is 4.21. The lowest BCUT2D eigenvalue weighted by atomic mass is 9.98. The quantitative estimate of drug-likeness (QED) is 0.865. The molecular formula is C13H15FN2O. The van der Waals surface area contributed by atoms with Crippen LogP contribution in [0.4, 0.5) is 4.39 Å². The van der Waals surface area contributed by atoms with E-state index in [0.29, 0.717) is 5.56 Å². The zero-order chi connectivity index (χ0) is 12.6. The van der Waals surface area contributed by atoms with Crippen LogP contribution < -0.4 is 0 Å². The molecule has 1 heterocycles. The van der Waals surface area contributed by atoms with E-state index < -0.39 is 6.10 Å². The average Bonchev–Trinajstić information content (AvgIpc) is 2.59. The SMILES string of the molecule is Cc1cc(F)ccc1C(O)c1cnn(C)c1C. The maximum atomic E-state index is 13.0. The Morgan fingerprint density at radius 1 is 1.29 bits per heavy atom. The summed E-state index contributed by atoms with van der Waals surface area (Å²) in [6.45, 7) is 3.68. The third kappa shape index (κ3) is 2.08. The molecule has 0 aliphatic heterocycles. The Bertz CT molecular complexity index is 548. The van der Waals surface area contributed by atoms with Crippen LogP contribution in [0.3, 0.4) is 0 Å². The van der Waals surface area contributed by atoms with Crippen molar-refractivity contribution in [2.45, 2.75) is 20.0 Å². The molecule has 0 amide bonds. The van der Waals surface area contributed by atoms with Crippen molar-refractivity contribution in [1.29, 1.82) is 0 Å². The fourth-order valence-electron chi connectivity index (χ4n) is 1.90. The van der Waals surface area contributed by atoms with E-state index in [1.165, 1.54) is 12.1 Å². The lowest BCUT2D eigenvalue weighted by Gasteiger charge is -2.13. The minimum atomic E-state index is -0.760.